The van der Waals surface area contributed by atoms with Gasteiger partial charge >= 0.3 is 5.97 Å². The van der Waals surface area contributed by atoms with Gasteiger partial charge in [0.15, 0.2) is 6.10 Å². The molecule has 0 radical (unpaired) electrons. The highest BCUT2D eigenvalue weighted by molar-refractivity contribution is 5.96. The quantitative estimate of drug-likeness (QED) is 0.804. The van der Waals surface area contributed by atoms with Crippen molar-refractivity contribution in [3.63, 3.8) is 0 Å². The van der Waals surface area contributed by atoms with Gasteiger partial charge < -0.3 is 19.8 Å². The van der Waals surface area contributed by atoms with Crippen LogP contribution in [0.25, 0.3) is 0 Å². The molecule has 116 valence electrons. The first-order chi connectivity index (χ1) is 10.6. The Labute approximate surface area is 128 Å². The second-order valence-corrected chi connectivity index (χ2v) is 4.58. The molecule has 1 aromatic carbocycles. The van der Waals surface area contributed by atoms with Crippen molar-refractivity contribution in [2.75, 3.05) is 11.9 Å². The number of carbonyl (C=O) groups excluding carboxylic acids is 2. The number of anilines is 1. The predicted molar refractivity (Wildman–Crippen MR) is 81.9 cm³/mol. The maximum absolute atomic E-state index is 12.0. The molecular formula is C16H18N2O4. The molecule has 6 nitrogen and oxygen atoms in total. The average Bonchev–Trinajstić information content (AvgIpc) is 3.04. The lowest BCUT2D eigenvalue weighted by Gasteiger charge is -2.13. The van der Waals surface area contributed by atoms with Crippen molar-refractivity contribution in [2.24, 2.45) is 0 Å². The van der Waals surface area contributed by atoms with Gasteiger partial charge in [-0.25, -0.2) is 4.79 Å². The highest BCUT2D eigenvalue weighted by Gasteiger charge is 2.19. The molecule has 0 saturated heterocycles. The number of hydrogen-bond acceptors (Lipinski definition) is 4. The third-order valence-electron chi connectivity index (χ3n) is 2.90. The Balaban J connectivity index is 1.89. The largest absolute Gasteiger partial charge is 0.494 e. The minimum atomic E-state index is -0.901. The standard InChI is InChI=1S/C16H18N2O4/c1-3-21-13-8-6-12(7-9-13)18-15(19)11(2)22-16(20)14-5-4-10-17-14/h4-11,17H,3H2,1-2H3,(H,18,19). The monoisotopic (exact) mass is 302 g/mol. The number of hydrogen-bond donors (Lipinski definition) is 2. The van der Waals surface area contributed by atoms with Gasteiger partial charge in [-0.15, -0.1) is 0 Å². The zero-order valence-corrected chi connectivity index (χ0v) is 12.5. The lowest BCUT2D eigenvalue weighted by molar-refractivity contribution is -0.123. The molecule has 2 N–H and O–H groups in total. The molecule has 2 rings (SSSR count). The van der Waals surface area contributed by atoms with E-state index in [1.165, 1.54) is 6.92 Å². The number of H-pyrrole nitrogens is 1. The van der Waals surface area contributed by atoms with E-state index in [0.29, 0.717) is 18.0 Å². The molecule has 0 bridgehead atoms. The van der Waals surface area contributed by atoms with E-state index in [4.69, 9.17) is 9.47 Å². The van der Waals surface area contributed by atoms with E-state index in [1.807, 2.05) is 6.92 Å². The van der Waals surface area contributed by atoms with Crippen LogP contribution in [-0.4, -0.2) is 29.6 Å². The van der Waals surface area contributed by atoms with Crippen molar-refractivity contribution in [1.29, 1.82) is 0 Å². The minimum absolute atomic E-state index is 0.306. The van der Waals surface area contributed by atoms with Crippen molar-refractivity contribution in [3.8, 4) is 5.75 Å². The summed E-state index contributed by atoms with van der Waals surface area (Å²) in [6.45, 7) is 4.00. The second-order valence-electron chi connectivity index (χ2n) is 4.58. The van der Waals surface area contributed by atoms with Crippen LogP contribution < -0.4 is 10.1 Å². The molecule has 0 aliphatic rings. The van der Waals surface area contributed by atoms with Gasteiger partial charge in [0.25, 0.3) is 5.91 Å². The van der Waals surface area contributed by atoms with Crippen LogP contribution in [0.15, 0.2) is 42.6 Å². The molecule has 0 spiro atoms. The Hall–Kier alpha value is -2.76. The number of rotatable bonds is 6. The predicted octanol–water partition coefficient (Wildman–Crippen LogP) is 2.60. The van der Waals surface area contributed by atoms with Crippen LogP contribution in [0, 0.1) is 0 Å². The van der Waals surface area contributed by atoms with Crippen LogP contribution in [0.3, 0.4) is 0 Å². The van der Waals surface area contributed by atoms with Gasteiger partial charge in [-0.3, -0.25) is 4.79 Å². The number of carbonyl (C=O) groups is 2. The molecule has 2 aromatic rings. The first kappa shape index (κ1) is 15.6. The third kappa shape index (κ3) is 4.12. The van der Waals surface area contributed by atoms with E-state index in [-0.39, 0.29) is 0 Å². The third-order valence-corrected chi connectivity index (χ3v) is 2.90. The summed E-state index contributed by atoms with van der Waals surface area (Å²) < 4.78 is 10.4. The van der Waals surface area contributed by atoms with Crippen LogP contribution in [0.1, 0.15) is 24.3 Å². The molecule has 1 amide bonds. The summed E-state index contributed by atoms with van der Waals surface area (Å²) >= 11 is 0. The average molecular weight is 302 g/mol. The van der Waals surface area contributed by atoms with E-state index in [0.717, 1.165) is 5.75 Å². The van der Waals surface area contributed by atoms with E-state index in [1.54, 1.807) is 42.6 Å². The fraction of sp³-hybridized carbons (Fsp3) is 0.250. The fourth-order valence-corrected chi connectivity index (χ4v) is 1.78. The van der Waals surface area contributed by atoms with E-state index in [9.17, 15) is 9.59 Å². The van der Waals surface area contributed by atoms with Gasteiger partial charge in [0.05, 0.1) is 6.61 Å². The minimum Gasteiger partial charge on any atom is -0.494 e. The normalized spacial score (nSPS) is 11.5. The van der Waals surface area contributed by atoms with Gasteiger partial charge in [0.2, 0.25) is 0 Å². The number of benzene rings is 1. The highest BCUT2D eigenvalue weighted by atomic mass is 16.5. The van der Waals surface area contributed by atoms with Crippen molar-refractivity contribution >= 4 is 17.6 Å². The first-order valence-corrected chi connectivity index (χ1v) is 6.98. The summed E-state index contributed by atoms with van der Waals surface area (Å²) in [6.07, 6.45) is 0.712. The topological polar surface area (TPSA) is 80.4 Å². The lowest BCUT2D eigenvalue weighted by Crippen LogP contribution is -2.30. The van der Waals surface area contributed by atoms with Gasteiger partial charge in [-0.1, -0.05) is 0 Å². The van der Waals surface area contributed by atoms with Crippen molar-refractivity contribution in [3.05, 3.63) is 48.3 Å². The smallest absolute Gasteiger partial charge is 0.355 e. The number of ether oxygens (including phenoxy) is 2. The molecule has 0 aliphatic carbocycles. The Morgan fingerprint density at radius 1 is 1.23 bits per heavy atom. The van der Waals surface area contributed by atoms with E-state index < -0.39 is 18.0 Å². The van der Waals surface area contributed by atoms with Crippen LogP contribution in [0.4, 0.5) is 5.69 Å². The zero-order chi connectivity index (χ0) is 15.9. The fourth-order valence-electron chi connectivity index (χ4n) is 1.78. The molecule has 22 heavy (non-hydrogen) atoms. The number of aromatic amines is 1. The number of esters is 1. The van der Waals surface area contributed by atoms with Gasteiger partial charge in [-0.2, -0.15) is 0 Å². The molecular weight excluding hydrogens is 284 g/mol. The molecule has 1 unspecified atom stereocenters. The summed E-state index contributed by atoms with van der Waals surface area (Å²) in [5.41, 5.74) is 0.914. The van der Waals surface area contributed by atoms with Crippen LogP contribution in [0.5, 0.6) is 5.75 Å². The molecule has 0 saturated carbocycles. The molecule has 6 heteroatoms. The zero-order valence-electron chi connectivity index (χ0n) is 12.5. The van der Waals surface area contributed by atoms with Crippen molar-refractivity contribution < 1.29 is 19.1 Å². The number of nitrogens with one attached hydrogen (secondary N) is 2. The maximum atomic E-state index is 12.0. The Morgan fingerprint density at radius 3 is 2.55 bits per heavy atom. The Morgan fingerprint density at radius 2 is 1.95 bits per heavy atom. The first-order valence-electron chi connectivity index (χ1n) is 6.98. The summed E-state index contributed by atoms with van der Waals surface area (Å²) in [5.74, 6) is -0.241. The number of aromatic nitrogens is 1. The molecule has 1 aromatic heterocycles. The van der Waals surface area contributed by atoms with Crippen LogP contribution in [-0.2, 0) is 9.53 Å². The molecule has 1 heterocycles. The highest BCUT2D eigenvalue weighted by Crippen LogP contribution is 2.16. The van der Waals surface area contributed by atoms with Gasteiger partial charge in [0.1, 0.15) is 11.4 Å². The maximum Gasteiger partial charge on any atom is 0.355 e. The summed E-state index contributed by atoms with van der Waals surface area (Å²) in [4.78, 5) is 26.5. The van der Waals surface area contributed by atoms with Gasteiger partial charge in [-0.05, 0) is 50.2 Å². The van der Waals surface area contributed by atoms with Crippen LogP contribution >= 0.6 is 0 Å². The SMILES string of the molecule is CCOc1ccc(NC(=O)C(C)OC(=O)c2ccc[nH]2)cc1. The summed E-state index contributed by atoms with van der Waals surface area (Å²) in [5, 5.41) is 2.68. The molecule has 0 fully saturated rings. The van der Waals surface area contributed by atoms with E-state index in [2.05, 4.69) is 10.3 Å². The van der Waals surface area contributed by atoms with Crippen molar-refractivity contribution in [1.82, 2.24) is 4.98 Å². The van der Waals surface area contributed by atoms with E-state index >= 15 is 0 Å². The summed E-state index contributed by atoms with van der Waals surface area (Å²) in [6, 6.07) is 10.2. The Bertz CT molecular complexity index is 620. The summed E-state index contributed by atoms with van der Waals surface area (Å²) in [7, 11) is 0. The van der Waals surface area contributed by atoms with Gasteiger partial charge in [0, 0.05) is 11.9 Å². The van der Waals surface area contributed by atoms with Crippen LogP contribution in [0.2, 0.25) is 0 Å². The molecule has 1 atom stereocenters. The number of amides is 1. The molecule has 0 aliphatic heterocycles. The second kappa shape index (κ2) is 7.31. The van der Waals surface area contributed by atoms with Crippen molar-refractivity contribution in [2.45, 2.75) is 20.0 Å². The lowest BCUT2D eigenvalue weighted by atomic mass is 10.3. The Kier molecular flexibility index (Phi) is 5.19.